The fraction of sp³-hybridized carbons (Fsp3) is 0.368. The molecule has 0 spiro atoms. The van der Waals surface area contributed by atoms with Gasteiger partial charge in [-0.25, -0.2) is 9.97 Å². The van der Waals surface area contributed by atoms with E-state index in [9.17, 15) is 15.3 Å². The Morgan fingerprint density at radius 3 is 2.48 bits per heavy atom. The van der Waals surface area contributed by atoms with Crippen molar-refractivity contribution in [2.24, 2.45) is 0 Å². The highest BCUT2D eigenvalue weighted by Gasteiger charge is 2.27. The van der Waals surface area contributed by atoms with Crippen LogP contribution >= 0.6 is 0 Å². The first-order valence-electron chi connectivity index (χ1n) is 8.73. The molecule has 8 heteroatoms. The summed E-state index contributed by atoms with van der Waals surface area (Å²) < 4.78 is 7.58. The predicted octanol–water partition coefficient (Wildman–Crippen LogP) is 1.32. The smallest absolute Gasteiger partial charge is 0.148 e. The number of anilines is 1. The van der Waals surface area contributed by atoms with Crippen molar-refractivity contribution in [2.75, 3.05) is 12.3 Å². The van der Waals surface area contributed by atoms with Gasteiger partial charge in [-0.05, 0) is 19.4 Å². The lowest BCUT2D eigenvalue weighted by Crippen LogP contribution is -2.41. The highest BCUT2D eigenvalue weighted by molar-refractivity contribution is 6.00. The average molecular weight is 372 g/mol. The van der Waals surface area contributed by atoms with Crippen LogP contribution in [0.1, 0.15) is 20.1 Å². The van der Waals surface area contributed by atoms with Crippen molar-refractivity contribution in [1.82, 2.24) is 14.5 Å². The lowest BCUT2D eigenvalue weighted by atomic mass is 10.1. The van der Waals surface area contributed by atoms with Gasteiger partial charge in [-0.1, -0.05) is 30.3 Å². The summed E-state index contributed by atoms with van der Waals surface area (Å²) >= 11 is 0. The molecule has 144 valence electrons. The van der Waals surface area contributed by atoms with Crippen LogP contribution in [0.25, 0.3) is 22.2 Å². The molecule has 0 aliphatic rings. The maximum Gasteiger partial charge on any atom is 0.148 e. The summed E-state index contributed by atoms with van der Waals surface area (Å²) in [4.78, 5) is 8.43. The number of aromatic nitrogens is 3. The van der Waals surface area contributed by atoms with Crippen LogP contribution in [0.5, 0.6) is 0 Å². The van der Waals surface area contributed by atoms with Gasteiger partial charge in [-0.2, -0.15) is 0 Å². The summed E-state index contributed by atoms with van der Waals surface area (Å²) in [5.41, 5.74) is 8.50. The minimum Gasteiger partial charge on any atom is -0.394 e. The fourth-order valence-corrected chi connectivity index (χ4v) is 3.08. The first-order valence-corrected chi connectivity index (χ1v) is 8.73. The standard InChI is InChI=1S/C19H24N4O4/c1-11(25)17(26)15(9-24)27-12(2)23-8-14(13-6-4-3-5-7-13)16-18(20)21-10-22-19(16)23/h3-8,10-12,15,17,24-26H,9H2,1-2H3,(H2,20,21,22). The molecule has 0 aliphatic heterocycles. The van der Waals surface area contributed by atoms with E-state index in [2.05, 4.69) is 9.97 Å². The van der Waals surface area contributed by atoms with Crippen molar-refractivity contribution >= 4 is 16.9 Å². The molecule has 0 radical (unpaired) electrons. The van der Waals surface area contributed by atoms with Crippen LogP contribution < -0.4 is 5.73 Å². The molecular formula is C19H24N4O4. The van der Waals surface area contributed by atoms with Gasteiger partial charge in [0, 0.05) is 11.8 Å². The van der Waals surface area contributed by atoms with E-state index in [1.54, 1.807) is 11.5 Å². The monoisotopic (exact) mass is 372 g/mol. The third-order valence-corrected chi connectivity index (χ3v) is 4.54. The van der Waals surface area contributed by atoms with E-state index in [1.165, 1.54) is 13.3 Å². The number of benzene rings is 1. The molecule has 27 heavy (non-hydrogen) atoms. The topological polar surface area (TPSA) is 127 Å². The van der Waals surface area contributed by atoms with Gasteiger partial charge in [0.1, 0.15) is 36.2 Å². The summed E-state index contributed by atoms with van der Waals surface area (Å²) in [6.07, 6.45) is -0.536. The quantitative estimate of drug-likeness (QED) is 0.492. The van der Waals surface area contributed by atoms with Gasteiger partial charge in [0.25, 0.3) is 0 Å². The molecule has 1 aromatic carbocycles. The normalized spacial score (nSPS) is 16.2. The minimum absolute atomic E-state index is 0.354. The zero-order valence-electron chi connectivity index (χ0n) is 15.2. The Bertz CT molecular complexity index is 897. The van der Waals surface area contributed by atoms with Gasteiger partial charge >= 0.3 is 0 Å². The summed E-state index contributed by atoms with van der Waals surface area (Å²) in [6.45, 7) is 2.77. The molecule has 0 fully saturated rings. The van der Waals surface area contributed by atoms with E-state index < -0.39 is 31.1 Å². The lowest BCUT2D eigenvalue weighted by molar-refractivity contribution is -0.140. The van der Waals surface area contributed by atoms with E-state index in [0.717, 1.165) is 11.1 Å². The van der Waals surface area contributed by atoms with Gasteiger partial charge in [-0.15, -0.1) is 0 Å². The Hall–Kier alpha value is -2.52. The van der Waals surface area contributed by atoms with Crippen LogP contribution in [0, 0.1) is 0 Å². The zero-order valence-corrected chi connectivity index (χ0v) is 15.2. The highest BCUT2D eigenvalue weighted by Crippen LogP contribution is 2.34. The molecule has 0 saturated heterocycles. The van der Waals surface area contributed by atoms with Crippen LogP contribution in [-0.4, -0.2) is 54.8 Å². The summed E-state index contributed by atoms with van der Waals surface area (Å²) in [5.74, 6) is 0.354. The Morgan fingerprint density at radius 2 is 1.85 bits per heavy atom. The number of hydrogen-bond donors (Lipinski definition) is 4. The number of rotatable bonds is 7. The van der Waals surface area contributed by atoms with Crippen molar-refractivity contribution in [3.05, 3.63) is 42.9 Å². The second-order valence-corrected chi connectivity index (χ2v) is 6.46. The number of nitrogens with zero attached hydrogens (tertiary/aromatic N) is 3. The van der Waals surface area contributed by atoms with E-state index in [0.29, 0.717) is 16.9 Å². The maximum atomic E-state index is 10.0. The van der Waals surface area contributed by atoms with Crippen LogP contribution in [0.15, 0.2) is 42.9 Å². The minimum atomic E-state index is -1.22. The van der Waals surface area contributed by atoms with E-state index in [-0.39, 0.29) is 0 Å². The summed E-state index contributed by atoms with van der Waals surface area (Å²) in [6, 6.07) is 9.71. The zero-order chi connectivity index (χ0) is 19.6. The van der Waals surface area contributed by atoms with E-state index in [4.69, 9.17) is 10.5 Å². The first kappa shape index (κ1) is 19.2. The molecule has 0 bridgehead atoms. The molecule has 4 unspecified atom stereocenters. The Labute approximate surface area is 156 Å². The lowest BCUT2D eigenvalue weighted by Gasteiger charge is -2.27. The Morgan fingerprint density at radius 1 is 1.15 bits per heavy atom. The molecular weight excluding hydrogens is 348 g/mol. The van der Waals surface area contributed by atoms with Gasteiger partial charge in [0.15, 0.2) is 0 Å². The molecule has 8 nitrogen and oxygen atoms in total. The van der Waals surface area contributed by atoms with E-state index >= 15 is 0 Å². The third-order valence-electron chi connectivity index (χ3n) is 4.54. The predicted molar refractivity (Wildman–Crippen MR) is 102 cm³/mol. The van der Waals surface area contributed by atoms with Crippen molar-refractivity contribution in [2.45, 2.75) is 38.4 Å². The van der Waals surface area contributed by atoms with Crippen LogP contribution in [0.2, 0.25) is 0 Å². The van der Waals surface area contributed by atoms with Crippen molar-refractivity contribution in [3.8, 4) is 11.1 Å². The highest BCUT2D eigenvalue weighted by atomic mass is 16.5. The number of aliphatic hydroxyl groups is 3. The number of hydrogen-bond acceptors (Lipinski definition) is 7. The Kier molecular flexibility index (Phi) is 5.71. The molecule has 2 heterocycles. The van der Waals surface area contributed by atoms with Crippen LogP contribution in [0.4, 0.5) is 5.82 Å². The third kappa shape index (κ3) is 3.79. The number of nitrogen functional groups attached to an aromatic ring is 1. The van der Waals surface area contributed by atoms with Gasteiger partial charge < -0.3 is 30.4 Å². The van der Waals surface area contributed by atoms with Crippen LogP contribution in [-0.2, 0) is 4.74 Å². The Balaban J connectivity index is 2.03. The molecule has 0 amide bonds. The van der Waals surface area contributed by atoms with Gasteiger partial charge in [0.05, 0.1) is 18.1 Å². The number of aliphatic hydroxyl groups excluding tert-OH is 3. The summed E-state index contributed by atoms with van der Waals surface area (Å²) in [7, 11) is 0. The first-order chi connectivity index (χ1) is 12.9. The molecule has 0 aliphatic carbocycles. The molecule has 4 atom stereocenters. The van der Waals surface area contributed by atoms with Crippen molar-refractivity contribution in [1.29, 1.82) is 0 Å². The number of fused-ring (bicyclic) bond motifs is 1. The maximum absolute atomic E-state index is 10.0. The van der Waals surface area contributed by atoms with E-state index in [1.807, 2.05) is 36.5 Å². The SMILES string of the molecule is CC(O)C(O)C(CO)OC(C)n1cc(-c2ccccc2)c2c(N)ncnc21. The summed E-state index contributed by atoms with van der Waals surface area (Å²) in [5, 5.41) is 29.8. The fourth-order valence-electron chi connectivity index (χ4n) is 3.08. The van der Waals surface area contributed by atoms with Crippen LogP contribution in [0.3, 0.4) is 0 Å². The van der Waals surface area contributed by atoms with Crippen molar-refractivity contribution in [3.63, 3.8) is 0 Å². The van der Waals surface area contributed by atoms with Gasteiger partial charge in [-0.3, -0.25) is 0 Å². The molecule has 3 rings (SSSR count). The molecule has 0 saturated carbocycles. The van der Waals surface area contributed by atoms with Crippen molar-refractivity contribution < 1.29 is 20.1 Å². The largest absolute Gasteiger partial charge is 0.394 e. The molecule has 2 aromatic heterocycles. The molecule has 5 N–H and O–H groups in total. The molecule has 3 aromatic rings. The average Bonchev–Trinajstić information content (AvgIpc) is 3.07. The second-order valence-electron chi connectivity index (χ2n) is 6.46. The van der Waals surface area contributed by atoms with Gasteiger partial charge in [0.2, 0.25) is 0 Å². The number of ether oxygens (including phenoxy) is 1. The second kappa shape index (κ2) is 8.01. The number of nitrogens with two attached hydrogens (primary N) is 1.